The average Bonchev–Trinajstić information content (AvgIpc) is 2.63. The monoisotopic (exact) mass is 444 g/mol. The van der Waals surface area contributed by atoms with Gasteiger partial charge in [0.05, 0.1) is 11.0 Å². The van der Waals surface area contributed by atoms with E-state index in [0.29, 0.717) is 12.8 Å². The van der Waals surface area contributed by atoms with Gasteiger partial charge in [0.15, 0.2) is 16.0 Å². The number of nitrogens with one attached hydrogen (secondary N) is 3. The van der Waals surface area contributed by atoms with Crippen molar-refractivity contribution >= 4 is 63.8 Å². The van der Waals surface area contributed by atoms with Crippen molar-refractivity contribution in [1.29, 1.82) is 0 Å². The number of hydrogen-bond donors (Lipinski definition) is 4. The third-order valence-corrected chi connectivity index (χ3v) is 5.55. The molecule has 152 valence electrons. The number of hydrogen-bond acceptors (Lipinski definition) is 6. The Balaban J connectivity index is 2.00. The minimum Gasteiger partial charge on any atom is -0.465 e. The van der Waals surface area contributed by atoms with E-state index in [1.165, 1.54) is 12.1 Å². The molecule has 12 heteroatoms. The number of halogens is 1. The fraction of sp³-hybridized carbons (Fsp3) is 0.500. The van der Waals surface area contributed by atoms with E-state index in [2.05, 4.69) is 26.1 Å². The zero-order valence-electron chi connectivity index (χ0n) is 15.3. The molecule has 0 radical (unpaired) electrons. The Hall–Kier alpha value is -2.11. The minimum atomic E-state index is -1.14. The predicted molar refractivity (Wildman–Crippen MR) is 114 cm³/mol. The Morgan fingerprint density at radius 2 is 1.89 bits per heavy atom. The molecule has 0 spiro atoms. The van der Waals surface area contributed by atoms with Crippen molar-refractivity contribution in [1.82, 2.24) is 25.7 Å². The molecule has 2 rings (SSSR count). The Kier molecular flexibility index (Phi) is 7.84. The summed E-state index contributed by atoms with van der Waals surface area (Å²) >= 11 is 16.3. The average molecular weight is 445 g/mol. The second-order valence-corrected chi connectivity index (χ2v) is 7.79. The van der Waals surface area contributed by atoms with E-state index in [1.807, 2.05) is 19.0 Å². The van der Waals surface area contributed by atoms with Gasteiger partial charge in [-0.2, -0.15) is 0 Å². The standard InChI is InChI=1S/C16H21ClN6O3S2/c1-23(2)15(28)8-3-4-9(10(7-8)19-16(25)26)18-14(27)13(24)20-12-6-5-11(17)21-22-12/h5-6,8-10,19H,3-4,7H2,1-2H3,(H,18,27)(H,25,26)(H,20,22,24)/t8-,9-,10+/m0/s1. The molecule has 2 amide bonds. The van der Waals surface area contributed by atoms with Crippen LogP contribution in [0.2, 0.25) is 5.15 Å². The molecule has 0 bridgehead atoms. The fourth-order valence-electron chi connectivity index (χ4n) is 3.04. The van der Waals surface area contributed by atoms with Gasteiger partial charge in [-0.15, -0.1) is 10.2 Å². The number of carbonyl (C=O) groups is 2. The molecule has 1 fully saturated rings. The Bertz CT molecular complexity index is 761. The molecule has 9 nitrogen and oxygen atoms in total. The van der Waals surface area contributed by atoms with Crippen LogP contribution in [0.4, 0.5) is 10.6 Å². The van der Waals surface area contributed by atoms with Crippen LogP contribution in [-0.4, -0.2) is 68.4 Å². The molecule has 1 aromatic rings. The van der Waals surface area contributed by atoms with Gasteiger partial charge in [0, 0.05) is 26.1 Å². The minimum absolute atomic E-state index is 0.0624. The van der Waals surface area contributed by atoms with Gasteiger partial charge in [-0.3, -0.25) is 4.79 Å². The zero-order valence-corrected chi connectivity index (χ0v) is 17.7. The van der Waals surface area contributed by atoms with Crippen LogP contribution < -0.4 is 16.0 Å². The second kappa shape index (κ2) is 9.89. The first-order chi connectivity index (χ1) is 13.2. The topological polar surface area (TPSA) is 119 Å². The molecule has 0 saturated heterocycles. The van der Waals surface area contributed by atoms with E-state index in [1.54, 1.807) is 0 Å². The highest BCUT2D eigenvalue weighted by atomic mass is 35.5. The van der Waals surface area contributed by atoms with Crippen LogP contribution in [0, 0.1) is 5.92 Å². The number of rotatable bonds is 4. The first kappa shape index (κ1) is 22.2. The highest BCUT2D eigenvalue weighted by molar-refractivity contribution is 7.82. The summed E-state index contributed by atoms with van der Waals surface area (Å²) in [6, 6.07) is 2.22. The van der Waals surface area contributed by atoms with Crippen molar-refractivity contribution in [3.8, 4) is 0 Å². The van der Waals surface area contributed by atoms with E-state index < -0.39 is 18.0 Å². The normalized spacial score (nSPS) is 21.3. The van der Waals surface area contributed by atoms with Gasteiger partial charge < -0.3 is 26.0 Å². The SMILES string of the molecule is CN(C)C(=S)[C@H]1CC[C@H](NC(=S)C(=O)Nc2ccc(Cl)nn2)[C@H](NC(=O)O)C1. The summed E-state index contributed by atoms with van der Waals surface area (Å²) in [6.45, 7) is 0. The smallest absolute Gasteiger partial charge is 0.404 e. The lowest BCUT2D eigenvalue weighted by Crippen LogP contribution is -2.56. The quantitative estimate of drug-likeness (QED) is 0.514. The molecule has 0 aromatic carbocycles. The van der Waals surface area contributed by atoms with Gasteiger partial charge in [0.1, 0.15) is 0 Å². The van der Waals surface area contributed by atoms with Crippen LogP contribution >= 0.6 is 36.0 Å². The van der Waals surface area contributed by atoms with Crippen molar-refractivity contribution in [3.05, 3.63) is 17.3 Å². The number of aromatic nitrogens is 2. The van der Waals surface area contributed by atoms with Gasteiger partial charge in [0.2, 0.25) is 0 Å². The summed E-state index contributed by atoms with van der Waals surface area (Å²) in [7, 11) is 3.73. The third kappa shape index (κ3) is 6.21. The van der Waals surface area contributed by atoms with Gasteiger partial charge in [-0.05, 0) is 31.4 Å². The number of anilines is 1. The lowest BCUT2D eigenvalue weighted by Gasteiger charge is -2.38. The maximum Gasteiger partial charge on any atom is 0.404 e. The van der Waals surface area contributed by atoms with Crippen molar-refractivity contribution in [3.63, 3.8) is 0 Å². The molecule has 1 saturated carbocycles. The van der Waals surface area contributed by atoms with Crippen molar-refractivity contribution in [2.24, 2.45) is 5.92 Å². The maximum absolute atomic E-state index is 12.3. The fourth-order valence-corrected chi connectivity index (χ4v) is 3.56. The molecular formula is C16H21ClN6O3S2. The molecule has 1 aliphatic rings. The molecule has 1 aliphatic carbocycles. The predicted octanol–water partition coefficient (Wildman–Crippen LogP) is 1.68. The van der Waals surface area contributed by atoms with Crippen LogP contribution in [0.25, 0.3) is 0 Å². The first-order valence-corrected chi connectivity index (χ1v) is 9.68. The summed E-state index contributed by atoms with van der Waals surface area (Å²) in [4.78, 5) is 26.0. The molecule has 28 heavy (non-hydrogen) atoms. The van der Waals surface area contributed by atoms with E-state index in [9.17, 15) is 9.59 Å². The molecule has 0 aliphatic heterocycles. The lowest BCUT2D eigenvalue weighted by molar-refractivity contribution is -0.110. The maximum atomic E-state index is 12.3. The van der Waals surface area contributed by atoms with E-state index >= 15 is 0 Å². The first-order valence-electron chi connectivity index (χ1n) is 8.49. The molecular weight excluding hydrogens is 424 g/mol. The zero-order chi connectivity index (χ0) is 20.8. The van der Waals surface area contributed by atoms with E-state index in [4.69, 9.17) is 41.1 Å². The second-order valence-electron chi connectivity index (χ2n) is 6.57. The Morgan fingerprint density at radius 1 is 1.18 bits per heavy atom. The number of nitrogens with zero attached hydrogens (tertiary/aromatic N) is 3. The van der Waals surface area contributed by atoms with Crippen LogP contribution in [0.1, 0.15) is 19.3 Å². The largest absolute Gasteiger partial charge is 0.465 e. The summed E-state index contributed by atoms with van der Waals surface area (Å²) in [6.07, 6.45) is 0.755. The Morgan fingerprint density at radius 3 is 2.46 bits per heavy atom. The lowest BCUT2D eigenvalue weighted by atomic mass is 9.82. The van der Waals surface area contributed by atoms with Crippen molar-refractivity contribution < 1.29 is 14.7 Å². The molecule has 1 aromatic heterocycles. The molecule has 0 unspecified atom stereocenters. The van der Waals surface area contributed by atoms with Gasteiger partial charge in [-0.25, -0.2) is 4.79 Å². The van der Waals surface area contributed by atoms with Gasteiger partial charge >= 0.3 is 6.09 Å². The highest BCUT2D eigenvalue weighted by Gasteiger charge is 2.35. The molecule has 3 atom stereocenters. The van der Waals surface area contributed by atoms with Crippen molar-refractivity contribution in [2.45, 2.75) is 31.3 Å². The molecule has 1 heterocycles. The van der Waals surface area contributed by atoms with E-state index in [0.717, 1.165) is 11.4 Å². The summed E-state index contributed by atoms with van der Waals surface area (Å²) in [5, 5.41) is 24.7. The number of amides is 2. The van der Waals surface area contributed by atoms with Crippen LogP contribution in [-0.2, 0) is 4.79 Å². The van der Waals surface area contributed by atoms with Gasteiger partial charge in [-0.1, -0.05) is 36.0 Å². The summed E-state index contributed by atoms with van der Waals surface area (Å²) in [5.74, 6) is -0.280. The highest BCUT2D eigenvalue weighted by Crippen LogP contribution is 2.27. The van der Waals surface area contributed by atoms with Crippen molar-refractivity contribution in [2.75, 3.05) is 19.4 Å². The summed E-state index contributed by atoms with van der Waals surface area (Å²) < 4.78 is 0. The van der Waals surface area contributed by atoms with E-state index in [-0.39, 0.29) is 27.9 Å². The molecule has 4 N–H and O–H groups in total. The number of carboxylic acid groups (broad SMARTS) is 1. The van der Waals surface area contributed by atoms with Crippen LogP contribution in [0.15, 0.2) is 12.1 Å². The van der Waals surface area contributed by atoms with Gasteiger partial charge in [0.25, 0.3) is 5.91 Å². The third-order valence-electron chi connectivity index (χ3n) is 4.35. The summed E-state index contributed by atoms with van der Waals surface area (Å²) in [5.41, 5.74) is 0. The van der Waals surface area contributed by atoms with Crippen LogP contribution in [0.5, 0.6) is 0 Å². The number of thiocarbonyl (C=S) groups is 2. The van der Waals surface area contributed by atoms with Crippen LogP contribution in [0.3, 0.4) is 0 Å². The number of carbonyl (C=O) groups excluding carboxylic acids is 1. The Labute approximate surface area is 178 Å².